The molecule has 15 nitrogen and oxygen atoms in total. The average molecular weight is 642 g/mol. The summed E-state index contributed by atoms with van der Waals surface area (Å²) in [7, 11) is 0. The highest BCUT2D eigenvalue weighted by atomic mass is 16.4. The van der Waals surface area contributed by atoms with E-state index in [9.17, 15) is 28.8 Å². The molecule has 254 valence electrons. The van der Waals surface area contributed by atoms with Gasteiger partial charge in [-0.15, -0.1) is 0 Å². The zero-order valence-corrected chi connectivity index (χ0v) is 26.4. The van der Waals surface area contributed by atoms with Gasteiger partial charge in [0.15, 0.2) is 0 Å². The van der Waals surface area contributed by atoms with Crippen LogP contribution in [-0.2, 0) is 28.8 Å². The van der Waals surface area contributed by atoms with Crippen molar-refractivity contribution in [2.75, 3.05) is 39.8 Å². The maximum Gasteiger partial charge on any atom is 0.330 e. The minimum Gasteiger partial charge on any atom is -0.478 e. The van der Waals surface area contributed by atoms with Gasteiger partial charge in [-0.2, -0.15) is 0 Å². The topological polar surface area (TPSA) is 234 Å². The summed E-state index contributed by atoms with van der Waals surface area (Å²) in [5.41, 5.74) is -0.139. The molecule has 0 radical (unpaired) electrons. The molecule has 1 heterocycles. The first kappa shape index (κ1) is 47.1. The van der Waals surface area contributed by atoms with Gasteiger partial charge in [0.1, 0.15) is 0 Å². The number of aliphatic hydroxyl groups is 3. The standard InChI is InChI=1S/C12H15N3O3.C6H14O3.3C4H6O2/c1-4-10(16)13-7-14(11(17)5-2)9-15(8-13)12(18)6-3;1-2-6(3-7,4-8)5-9;3*1-3(2)4(5)6/h4-6H,1-3,7-9H2;7-9H,2-5H2,1H3;3*1H2,2H3,(H,5,6). The molecule has 1 fully saturated rings. The van der Waals surface area contributed by atoms with Crippen LogP contribution in [0, 0.1) is 5.41 Å². The van der Waals surface area contributed by atoms with E-state index in [4.69, 9.17) is 30.6 Å². The molecule has 0 aromatic heterocycles. The van der Waals surface area contributed by atoms with Crippen LogP contribution in [0.4, 0.5) is 0 Å². The molecule has 1 aliphatic rings. The number of carbonyl (C=O) groups is 6. The quantitative estimate of drug-likeness (QED) is 0.185. The van der Waals surface area contributed by atoms with E-state index in [0.29, 0.717) is 6.42 Å². The van der Waals surface area contributed by atoms with Crippen molar-refractivity contribution in [3.8, 4) is 0 Å². The molecule has 1 saturated heterocycles. The van der Waals surface area contributed by atoms with Crippen LogP contribution in [0.2, 0.25) is 0 Å². The second-order valence-corrected chi connectivity index (χ2v) is 9.26. The average Bonchev–Trinajstić information content (AvgIpc) is 3.01. The fourth-order valence-corrected chi connectivity index (χ4v) is 2.04. The summed E-state index contributed by atoms with van der Waals surface area (Å²) >= 11 is 0. The number of carbonyl (C=O) groups excluding carboxylic acids is 3. The van der Waals surface area contributed by atoms with Gasteiger partial charge in [0.05, 0.1) is 39.8 Å². The lowest BCUT2D eigenvalue weighted by Gasteiger charge is -2.41. The molecule has 0 saturated carbocycles. The lowest BCUT2D eigenvalue weighted by molar-refractivity contribution is -0.152. The van der Waals surface area contributed by atoms with E-state index >= 15 is 0 Å². The molecule has 0 spiro atoms. The monoisotopic (exact) mass is 641 g/mol. The van der Waals surface area contributed by atoms with E-state index in [1.807, 2.05) is 6.92 Å². The molecule has 6 N–H and O–H groups in total. The second kappa shape index (κ2) is 25.6. The number of aliphatic hydroxyl groups excluding tert-OH is 3. The van der Waals surface area contributed by atoms with Gasteiger partial charge in [-0.05, 0) is 45.4 Å². The third kappa shape index (κ3) is 22.4. The van der Waals surface area contributed by atoms with Crippen LogP contribution < -0.4 is 0 Å². The molecule has 0 aromatic carbocycles. The van der Waals surface area contributed by atoms with Crippen molar-refractivity contribution < 1.29 is 59.4 Å². The van der Waals surface area contributed by atoms with Crippen molar-refractivity contribution >= 4 is 35.6 Å². The summed E-state index contributed by atoms with van der Waals surface area (Å²) in [5, 5.41) is 49.6. The van der Waals surface area contributed by atoms with Gasteiger partial charge in [0, 0.05) is 22.1 Å². The van der Waals surface area contributed by atoms with Crippen LogP contribution in [0.5, 0.6) is 0 Å². The lowest BCUT2D eigenvalue weighted by atomic mass is 9.88. The normalized spacial score (nSPS) is 11.4. The molecule has 45 heavy (non-hydrogen) atoms. The third-order valence-corrected chi connectivity index (χ3v) is 5.33. The SMILES string of the molecule is C=C(C)C(=O)O.C=C(C)C(=O)O.C=C(C)C(=O)O.C=CC(=O)N1CN(C(=O)C=C)CN(C(=O)C=C)C1.CCC(CO)(CO)CO. The molecule has 3 amide bonds. The maximum absolute atomic E-state index is 11.6. The fraction of sp³-hybridized carbons (Fsp3) is 0.400. The van der Waals surface area contributed by atoms with Gasteiger partial charge >= 0.3 is 17.9 Å². The first-order valence-corrected chi connectivity index (χ1v) is 12.9. The Morgan fingerprint density at radius 3 is 0.822 bits per heavy atom. The van der Waals surface area contributed by atoms with Crippen molar-refractivity contribution in [2.45, 2.75) is 34.1 Å². The largest absolute Gasteiger partial charge is 0.478 e. The third-order valence-electron chi connectivity index (χ3n) is 5.33. The van der Waals surface area contributed by atoms with Crippen molar-refractivity contribution in [3.05, 3.63) is 74.4 Å². The van der Waals surface area contributed by atoms with Gasteiger partial charge < -0.3 is 45.3 Å². The molecule has 1 rings (SSSR count). The Kier molecular flexibility index (Phi) is 26.8. The highest BCUT2D eigenvalue weighted by molar-refractivity contribution is 5.92. The van der Waals surface area contributed by atoms with E-state index < -0.39 is 23.3 Å². The van der Waals surface area contributed by atoms with Gasteiger partial charge in [0.2, 0.25) is 17.7 Å². The number of carboxylic acid groups (broad SMARTS) is 3. The number of rotatable bonds is 10. The minimum atomic E-state index is -0.935. The summed E-state index contributed by atoms with van der Waals surface area (Å²) in [6, 6.07) is 0. The predicted octanol–water partition coefficient (Wildman–Crippen LogP) is 1.22. The predicted molar refractivity (Wildman–Crippen MR) is 167 cm³/mol. The Morgan fingerprint density at radius 1 is 0.578 bits per heavy atom. The van der Waals surface area contributed by atoms with E-state index in [0.717, 1.165) is 18.2 Å². The zero-order valence-electron chi connectivity index (χ0n) is 26.4. The Hall–Kier alpha value is -4.86. The van der Waals surface area contributed by atoms with Crippen LogP contribution in [0.15, 0.2) is 74.4 Å². The number of aliphatic carboxylic acids is 3. The minimum absolute atomic E-state index is 0.108. The van der Waals surface area contributed by atoms with Crippen LogP contribution in [0.25, 0.3) is 0 Å². The summed E-state index contributed by atoms with van der Waals surface area (Å²) in [6.07, 6.45) is 4.01. The number of amides is 3. The van der Waals surface area contributed by atoms with Crippen LogP contribution >= 0.6 is 0 Å². The van der Waals surface area contributed by atoms with Crippen molar-refractivity contribution in [3.63, 3.8) is 0 Å². The summed E-state index contributed by atoms with van der Waals surface area (Å²) in [4.78, 5) is 67.5. The van der Waals surface area contributed by atoms with E-state index in [1.165, 1.54) is 35.5 Å². The second-order valence-electron chi connectivity index (χ2n) is 9.26. The van der Waals surface area contributed by atoms with Crippen LogP contribution in [-0.4, -0.2) is 121 Å². The summed E-state index contributed by atoms with van der Waals surface area (Å²) in [6.45, 7) is 25.6. The Morgan fingerprint density at radius 2 is 0.756 bits per heavy atom. The zero-order chi connectivity index (χ0) is 36.5. The van der Waals surface area contributed by atoms with Crippen LogP contribution in [0.1, 0.15) is 34.1 Å². The van der Waals surface area contributed by atoms with Crippen molar-refractivity contribution in [2.24, 2.45) is 5.41 Å². The van der Waals surface area contributed by atoms with Crippen molar-refractivity contribution in [1.29, 1.82) is 0 Å². The molecule has 15 heteroatoms. The fourth-order valence-electron chi connectivity index (χ4n) is 2.04. The summed E-state index contributed by atoms with van der Waals surface area (Å²) in [5.74, 6) is -3.85. The first-order chi connectivity index (χ1) is 20.7. The van der Waals surface area contributed by atoms with Gasteiger partial charge in [-0.1, -0.05) is 46.4 Å². The van der Waals surface area contributed by atoms with Gasteiger partial charge in [0.25, 0.3) is 0 Å². The Labute approximate surface area is 263 Å². The van der Waals surface area contributed by atoms with E-state index in [-0.39, 0.29) is 74.3 Å². The molecule has 0 bridgehead atoms. The highest BCUT2D eigenvalue weighted by Gasteiger charge is 2.29. The molecule has 0 aliphatic carbocycles. The van der Waals surface area contributed by atoms with E-state index in [1.54, 1.807) is 0 Å². The molecule has 0 unspecified atom stereocenters. The van der Waals surface area contributed by atoms with E-state index in [2.05, 4.69) is 39.5 Å². The molecule has 0 atom stereocenters. The Balaban J connectivity index is -0.000000261. The van der Waals surface area contributed by atoms with Gasteiger partial charge in [-0.3, -0.25) is 14.4 Å². The number of carboxylic acids is 3. The number of hydrogen-bond donors (Lipinski definition) is 6. The van der Waals surface area contributed by atoms with Crippen LogP contribution in [0.3, 0.4) is 0 Å². The van der Waals surface area contributed by atoms with Crippen molar-refractivity contribution in [1.82, 2.24) is 14.7 Å². The maximum atomic E-state index is 11.6. The Bertz CT molecular complexity index is 915. The van der Waals surface area contributed by atoms with Gasteiger partial charge in [-0.25, -0.2) is 14.4 Å². The number of nitrogens with zero attached hydrogens (tertiary/aromatic N) is 3. The number of hydrogen-bond acceptors (Lipinski definition) is 9. The lowest BCUT2D eigenvalue weighted by Crippen LogP contribution is -2.58. The molecule has 1 aliphatic heterocycles. The molecular weight excluding hydrogens is 594 g/mol. The highest BCUT2D eigenvalue weighted by Crippen LogP contribution is 2.18. The first-order valence-electron chi connectivity index (χ1n) is 12.9. The smallest absolute Gasteiger partial charge is 0.330 e. The summed E-state index contributed by atoms with van der Waals surface area (Å²) < 4.78 is 0. The molecular formula is C30H47N3O12. The molecule has 0 aromatic rings.